The third kappa shape index (κ3) is 2.61. The van der Waals surface area contributed by atoms with Gasteiger partial charge in [-0.05, 0) is 12.5 Å². The van der Waals surface area contributed by atoms with Gasteiger partial charge in [-0.2, -0.15) is 0 Å². The molecule has 0 aliphatic rings. The van der Waals surface area contributed by atoms with Crippen molar-refractivity contribution in [3.63, 3.8) is 0 Å². The van der Waals surface area contributed by atoms with Gasteiger partial charge in [0.25, 0.3) is 0 Å². The number of fused-ring (bicyclic) bond motifs is 1. The Labute approximate surface area is 131 Å². The number of rotatable bonds is 3. The summed E-state index contributed by atoms with van der Waals surface area (Å²) in [6.07, 6.45) is 5.89. The molecule has 3 rings (SSSR count). The zero-order valence-electron chi connectivity index (χ0n) is 11.2. The Balaban J connectivity index is 2.20. The van der Waals surface area contributed by atoms with Gasteiger partial charge in [0.2, 0.25) is 0 Å². The van der Waals surface area contributed by atoms with Gasteiger partial charge in [0.05, 0.1) is 16.9 Å². The highest BCUT2D eigenvalue weighted by molar-refractivity contribution is 7.78. The molecule has 3 heterocycles. The first-order chi connectivity index (χ1) is 10.1. The maximum atomic E-state index is 13.7. The van der Waals surface area contributed by atoms with E-state index in [-0.39, 0.29) is 5.82 Å². The molecule has 0 spiro atoms. The smallest absolute Gasteiger partial charge is 0.163 e. The van der Waals surface area contributed by atoms with E-state index in [2.05, 4.69) is 27.8 Å². The quantitative estimate of drug-likeness (QED) is 0.743. The average Bonchev–Trinajstić information content (AvgIpc) is 2.78. The fraction of sp³-hybridized carbons (Fsp3) is 0.214. The Bertz CT molecular complexity index is 818. The summed E-state index contributed by atoms with van der Waals surface area (Å²) in [4.78, 5) is 12.6. The van der Waals surface area contributed by atoms with Crippen LogP contribution in [-0.2, 0) is 6.42 Å². The minimum absolute atomic E-state index is 0.383. The van der Waals surface area contributed by atoms with Crippen LogP contribution in [0.4, 0.5) is 4.39 Å². The van der Waals surface area contributed by atoms with E-state index in [0.717, 1.165) is 17.4 Å². The molecule has 7 heteroatoms. The fourth-order valence-corrected chi connectivity index (χ4v) is 2.62. The minimum atomic E-state index is -0.383. The normalized spacial score (nSPS) is 11.2. The van der Waals surface area contributed by atoms with Gasteiger partial charge in [-0.3, -0.25) is 3.97 Å². The molecule has 0 aliphatic heterocycles. The molecule has 0 bridgehead atoms. The van der Waals surface area contributed by atoms with Gasteiger partial charge in [0.1, 0.15) is 0 Å². The number of aromatic nitrogens is 4. The minimum Gasteiger partial charge on any atom is -0.277 e. The van der Waals surface area contributed by atoms with Crippen LogP contribution in [0.1, 0.15) is 19.0 Å². The number of aryl methyl sites for hydroxylation is 1. The zero-order valence-corrected chi connectivity index (χ0v) is 12.9. The molecule has 0 radical (unpaired) electrons. The molecule has 0 aromatic carbocycles. The number of halogens is 2. The lowest BCUT2D eigenvalue weighted by Crippen LogP contribution is -1.99. The SMILES string of the molecule is CCCc1nc(-c2cn(S)c3ncc(Cl)cc23)ncc1F. The van der Waals surface area contributed by atoms with Crippen molar-refractivity contribution < 1.29 is 4.39 Å². The molecule has 3 aromatic heterocycles. The van der Waals surface area contributed by atoms with Gasteiger partial charge >= 0.3 is 0 Å². The van der Waals surface area contributed by atoms with E-state index in [0.29, 0.717) is 28.6 Å². The maximum Gasteiger partial charge on any atom is 0.163 e. The topological polar surface area (TPSA) is 43.6 Å². The highest BCUT2D eigenvalue weighted by Crippen LogP contribution is 2.30. The Morgan fingerprint density at radius 1 is 1.33 bits per heavy atom. The highest BCUT2D eigenvalue weighted by atomic mass is 35.5. The van der Waals surface area contributed by atoms with E-state index in [1.54, 1.807) is 22.4 Å². The van der Waals surface area contributed by atoms with Crippen LogP contribution < -0.4 is 0 Å². The Morgan fingerprint density at radius 2 is 2.14 bits per heavy atom. The maximum absolute atomic E-state index is 13.7. The van der Waals surface area contributed by atoms with Gasteiger partial charge in [0, 0.05) is 23.3 Å². The van der Waals surface area contributed by atoms with Gasteiger partial charge in [-0.1, -0.05) is 37.8 Å². The molecular weight excluding hydrogens is 311 g/mol. The third-order valence-electron chi connectivity index (χ3n) is 3.14. The predicted molar refractivity (Wildman–Crippen MR) is 84.1 cm³/mol. The molecular formula is C14H12ClFN4S. The summed E-state index contributed by atoms with van der Waals surface area (Å²) in [5.74, 6) is 0.0630. The van der Waals surface area contributed by atoms with Gasteiger partial charge in [-0.25, -0.2) is 19.3 Å². The number of thiol groups is 1. The van der Waals surface area contributed by atoms with Crippen LogP contribution in [0, 0.1) is 5.82 Å². The Kier molecular flexibility index (Phi) is 3.82. The van der Waals surface area contributed by atoms with Crippen molar-refractivity contribution in [1.29, 1.82) is 0 Å². The molecule has 0 aliphatic carbocycles. The summed E-state index contributed by atoms with van der Waals surface area (Å²) in [6.45, 7) is 1.98. The Morgan fingerprint density at radius 3 is 2.90 bits per heavy atom. The lowest BCUT2D eigenvalue weighted by atomic mass is 10.2. The van der Waals surface area contributed by atoms with Gasteiger partial charge < -0.3 is 0 Å². The van der Waals surface area contributed by atoms with E-state index < -0.39 is 0 Å². The average molecular weight is 323 g/mol. The summed E-state index contributed by atoms with van der Waals surface area (Å²) in [5.41, 5.74) is 1.80. The first-order valence-corrected chi connectivity index (χ1v) is 7.25. The van der Waals surface area contributed by atoms with Crippen molar-refractivity contribution in [2.45, 2.75) is 19.8 Å². The van der Waals surface area contributed by atoms with Crippen molar-refractivity contribution in [2.75, 3.05) is 0 Å². The predicted octanol–water partition coefficient (Wildman–Crippen LogP) is 3.93. The van der Waals surface area contributed by atoms with Crippen molar-refractivity contribution in [3.05, 3.63) is 41.2 Å². The summed E-state index contributed by atoms with van der Waals surface area (Å²) in [5, 5.41) is 1.30. The van der Waals surface area contributed by atoms with E-state index in [9.17, 15) is 4.39 Å². The highest BCUT2D eigenvalue weighted by Gasteiger charge is 2.15. The fourth-order valence-electron chi connectivity index (χ4n) is 2.19. The number of hydrogen-bond donors (Lipinski definition) is 1. The Hall–Kier alpha value is -1.66. The molecule has 0 unspecified atom stereocenters. The summed E-state index contributed by atoms with van der Waals surface area (Å²) in [6, 6.07) is 1.78. The molecule has 21 heavy (non-hydrogen) atoms. The van der Waals surface area contributed by atoms with Crippen LogP contribution in [0.3, 0.4) is 0 Å². The summed E-state index contributed by atoms with van der Waals surface area (Å²) in [7, 11) is 0. The molecule has 0 atom stereocenters. The molecule has 0 saturated heterocycles. The second-order valence-corrected chi connectivity index (χ2v) is 5.52. The monoisotopic (exact) mass is 322 g/mol. The number of nitrogens with zero attached hydrogens (tertiary/aromatic N) is 4. The second kappa shape index (κ2) is 5.61. The van der Waals surface area contributed by atoms with Gasteiger partial charge in [0.15, 0.2) is 17.3 Å². The zero-order chi connectivity index (χ0) is 15.0. The molecule has 3 aromatic rings. The summed E-state index contributed by atoms with van der Waals surface area (Å²) >= 11 is 10.3. The first-order valence-electron chi connectivity index (χ1n) is 6.47. The molecule has 0 N–H and O–H groups in total. The van der Waals surface area contributed by atoms with Crippen LogP contribution >= 0.6 is 24.4 Å². The molecule has 0 amide bonds. The molecule has 0 fully saturated rings. The number of pyridine rings is 1. The van der Waals surface area contributed by atoms with E-state index in [1.165, 1.54) is 6.20 Å². The van der Waals surface area contributed by atoms with Crippen molar-refractivity contribution in [1.82, 2.24) is 18.9 Å². The standard InChI is InChI=1S/C14H12ClFN4S/c1-2-3-12-11(16)6-17-13(19-12)10-7-20(21)14-9(10)4-8(15)5-18-14/h4-7,21H,2-3H2,1H3. The third-order valence-corrected chi connectivity index (χ3v) is 3.65. The van der Waals surface area contributed by atoms with Crippen molar-refractivity contribution >= 4 is 35.4 Å². The van der Waals surface area contributed by atoms with E-state index in [4.69, 9.17) is 11.6 Å². The second-order valence-electron chi connectivity index (χ2n) is 4.65. The first kappa shape index (κ1) is 14.3. The van der Waals surface area contributed by atoms with Crippen molar-refractivity contribution in [2.24, 2.45) is 0 Å². The molecule has 0 saturated carbocycles. The molecule has 4 nitrogen and oxygen atoms in total. The van der Waals surface area contributed by atoms with Crippen molar-refractivity contribution in [3.8, 4) is 11.4 Å². The van der Waals surface area contributed by atoms with Gasteiger partial charge in [-0.15, -0.1) is 0 Å². The summed E-state index contributed by atoms with van der Waals surface area (Å²) < 4.78 is 15.3. The van der Waals surface area contributed by atoms with E-state index >= 15 is 0 Å². The van der Waals surface area contributed by atoms with Crippen LogP contribution in [0.25, 0.3) is 22.4 Å². The van der Waals surface area contributed by atoms with Crippen LogP contribution in [0.2, 0.25) is 5.02 Å². The lowest BCUT2D eigenvalue weighted by Gasteiger charge is -2.03. The van der Waals surface area contributed by atoms with Crippen LogP contribution in [-0.4, -0.2) is 18.9 Å². The van der Waals surface area contributed by atoms with Crippen LogP contribution in [0.15, 0.2) is 24.7 Å². The lowest BCUT2D eigenvalue weighted by molar-refractivity contribution is 0.588. The largest absolute Gasteiger partial charge is 0.277 e. The number of hydrogen-bond acceptors (Lipinski definition) is 4. The van der Waals surface area contributed by atoms with E-state index in [1.807, 2.05) is 6.92 Å². The van der Waals surface area contributed by atoms with Crippen LogP contribution in [0.5, 0.6) is 0 Å². The molecule has 108 valence electrons.